The zero-order chi connectivity index (χ0) is 19.2. The van der Waals surface area contributed by atoms with Gasteiger partial charge in [-0.05, 0) is 47.8 Å². The maximum atomic E-state index is 12.4. The highest BCUT2D eigenvalue weighted by Gasteiger charge is 2.15. The van der Waals surface area contributed by atoms with Gasteiger partial charge in [0.25, 0.3) is 17.7 Å². The maximum absolute atomic E-state index is 12.4. The monoisotopic (exact) mass is 399 g/mol. The number of hydrogen-bond acceptors (Lipinski definition) is 4. The van der Waals surface area contributed by atoms with Crippen molar-refractivity contribution in [2.45, 2.75) is 0 Å². The highest BCUT2D eigenvalue weighted by atomic mass is 35.5. The van der Waals surface area contributed by atoms with E-state index in [4.69, 9.17) is 11.6 Å². The van der Waals surface area contributed by atoms with E-state index >= 15 is 0 Å². The summed E-state index contributed by atoms with van der Waals surface area (Å²) in [6.45, 7) is 0. The van der Waals surface area contributed by atoms with Crippen molar-refractivity contribution < 1.29 is 14.4 Å². The number of benzene rings is 2. The predicted molar refractivity (Wildman–Crippen MR) is 105 cm³/mol. The summed E-state index contributed by atoms with van der Waals surface area (Å²) in [4.78, 5) is 37.2. The minimum absolute atomic E-state index is 0.221. The SMILES string of the molecule is O=C(NNC(=O)c1ccccc1NC(=O)c1cccs1)c1ccc(Cl)cc1. The molecule has 0 radical (unpaired) electrons. The van der Waals surface area contributed by atoms with Gasteiger partial charge in [-0.2, -0.15) is 0 Å². The fourth-order valence-electron chi connectivity index (χ4n) is 2.24. The Kier molecular flexibility index (Phi) is 5.85. The molecule has 3 N–H and O–H groups in total. The maximum Gasteiger partial charge on any atom is 0.271 e. The molecular formula is C19H14ClN3O3S. The molecule has 0 aliphatic heterocycles. The molecule has 1 heterocycles. The summed E-state index contributed by atoms with van der Waals surface area (Å²) >= 11 is 7.08. The number of amides is 3. The zero-order valence-electron chi connectivity index (χ0n) is 13.9. The summed E-state index contributed by atoms with van der Waals surface area (Å²) in [5.41, 5.74) is 5.58. The van der Waals surface area contributed by atoms with Crippen LogP contribution >= 0.6 is 22.9 Å². The van der Waals surface area contributed by atoms with Gasteiger partial charge in [0.05, 0.1) is 16.1 Å². The van der Waals surface area contributed by atoms with Crippen LogP contribution in [0.1, 0.15) is 30.4 Å². The van der Waals surface area contributed by atoms with E-state index in [1.165, 1.54) is 11.3 Å². The van der Waals surface area contributed by atoms with Crippen LogP contribution < -0.4 is 16.2 Å². The quantitative estimate of drug-likeness (QED) is 0.584. The second-order valence-electron chi connectivity index (χ2n) is 5.39. The third-order valence-corrected chi connectivity index (χ3v) is 4.68. The average Bonchev–Trinajstić information content (AvgIpc) is 3.22. The van der Waals surface area contributed by atoms with Gasteiger partial charge in [0, 0.05) is 10.6 Å². The van der Waals surface area contributed by atoms with Gasteiger partial charge in [0.1, 0.15) is 0 Å². The van der Waals surface area contributed by atoms with Crippen LogP contribution in [0.2, 0.25) is 5.02 Å². The number of hydrogen-bond donors (Lipinski definition) is 3. The van der Waals surface area contributed by atoms with E-state index in [-0.39, 0.29) is 11.5 Å². The predicted octanol–water partition coefficient (Wildman–Crippen LogP) is 3.73. The molecule has 3 amide bonds. The first-order chi connectivity index (χ1) is 13.0. The summed E-state index contributed by atoms with van der Waals surface area (Å²) in [6.07, 6.45) is 0. The summed E-state index contributed by atoms with van der Waals surface area (Å²) in [6, 6.07) is 16.2. The summed E-state index contributed by atoms with van der Waals surface area (Å²) in [5, 5.41) is 5.00. The Morgan fingerprint density at radius 1 is 0.778 bits per heavy atom. The minimum Gasteiger partial charge on any atom is -0.321 e. The average molecular weight is 400 g/mol. The number of carbonyl (C=O) groups is 3. The number of para-hydroxylation sites is 1. The second kappa shape index (κ2) is 8.48. The summed E-state index contributed by atoms with van der Waals surface area (Å²) in [7, 11) is 0. The van der Waals surface area contributed by atoms with Gasteiger partial charge >= 0.3 is 0 Å². The van der Waals surface area contributed by atoms with Crippen molar-refractivity contribution in [1.82, 2.24) is 10.9 Å². The first-order valence-electron chi connectivity index (χ1n) is 7.85. The fraction of sp³-hybridized carbons (Fsp3) is 0. The summed E-state index contributed by atoms with van der Waals surface area (Å²) in [5.74, 6) is -1.35. The number of anilines is 1. The van der Waals surface area contributed by atoms with Crippen molar-refractivity contribution in [3.63, 3.8) is 0 Å². The molecule has 0 fully saturated rings. The van der Waals surface area contributed by atoms with Crippen molar-refractivity contribution in [2.24, 2.45) is 0 Å². The Labute approximate surface area is 164 Å². The van der Waals surface area contributed by atoms with Gasteiger partial charge in [0.2, 0.25) is 0 Å². The standard InChI is InChI=1S/C19H14ClN3O3S/c20-13-9-7-12(8-10-13)17(24)22-23-18(25)14-4-1-2-5-15(14)21-19(26)16-6-3-11-27-16/h1-11H,(H,21,26)(H,22,24)(H,23,25). The molecule has 136 valence electrons. The Hall–Kier alpha value is -3.16. The molecule has 0 bridgehead atoms. The molecule has 0 atom stereocenters. The third-order valence-electron chi connectivity index (χ3n) is 3.56. The van der Waals surface area contributed by atoms with E-state index in [9.17, 15) is 14.4 Å². The van der Waals surface area contributed by atoms with Crippen molar-refractivity contribution >= 4 is 46.3 Å². The molecule has 0 aliphatic carbocycles. The fourth-order valence-corrected chi connectivity index (χ4v) is 2.98. The molecule has 8 heteroatoms. The smallest absolute Gasteiger partial charge is 0.271 e. The van der Waals surface area contributed by atoms with E-state index in [0.717, 1.165) is 0 Å². The van der Waals surface area contributed by atoms with Crippen molar-refractivity contribution in [3.8, 4) is 0 Å². The Morgan fingerprint density at radius 3 is 2.19 bits per heavy atom. The highest BCUT2D eigenvalue weighted by Crippen LogP contribution is 2.18. The van der Waals surface area contributed by atoms with Crippen LogP contribution in [0.15, 0.2) is 66.0 Å². The second-order valence-corrected chi connectivity index (χ2v) is 6.78. The number of thiophene rings is 1. The van der Waals surface area contributed by atoms with Crippen LogP contribution in [0, 0.1) is 0 Å². The number of rotatable bonds is 4. The van der Waals surface area contributed by atoms with Crippen LogP contribution in [0.5, 0.6) is 0 Å². The van der Waals surface area contributed by atoms with Gasteiger partial charge in [-0.1, -0.05) is 29.8 Å². The lowest BCUT2D eigenvalue weighted by molar-refractivity contribution is 0.0847. The molecule has 6 nitrogen and oxygen atoms in total. The largest absolute Gasteiger partial charge is 0.321 e. The first-order valence-corrected chi connectivity index (χ1v) is 9.10. The third kappa shape index (κ3) is 4.72. The molecule has 3 rings (SSSR count). The van der Waals surface area contributed by atoms with Crippen molar-refractivity contribution in [1.29, 1.82) is 0 Å². The van der Waals surface area contributed by atoms with E-state index in [1.807, 2.05) is 0 Å². The summed E-state index contributed by atoms with van der Waals surface area (Å²) < 4.78 is 0. The van der Waals surface area contributed by atoms with E-state index in [0.29, 0.717) is 21.2 Å². The van der Waals surface area contributed by atoms with Crippen LogP contribution in [0.25, 0.3) is 0 Å². The van der Waals surface area contributed by atoms with Crippen LogP contribution in [0.3, 0.4) is 0 Å². The molecule has 0 unspecified atom stereocenters. The molecule has 27 heavy (non-hydrogen) atoms. The van der Waals surface area contributed by atoms with Crippen LogP contribution in [-0.4, -0.2) is 17.7 Å². The normalized spacial score (nSPS) is 10.1. The molecule has 0 saturated carbocycles. The van der Waals surface area contributed by atoms with Crippen LogP contribution in [0.4, 0.5) is 5.69 Å². The Bertz CT molecular complexity index is 972. The molecule has 1 aromatic heterocycles. The minimum atomic E-state index is -0.556. The number of nitrogens with one attached hydrogen (secondary N) is 3. The van der Waals surface area contributed by atoms with Gasteiger partial charge in [-0.25, -0.2) is 0 Å². The lowest BCUT2D eigenvalue weighted by Gasteiger charge is -2.12. The van der Waals surface area contributed by atoms with Crippen LogP contribution in [-0.2, 0) is 0 Å². The molecule has 2 aromatic carbocycles. The number of carbonyl (C=O) groups excluding carboxylic acids is 3. The molecule has 0 spiro atoms. The number of halogens is 1. The van der Waals surface area contributed by atoms with Gasteiger partial charge in [-0.15, -0.1) is 11.3 Å². The zero-order valence-corrected chi connectivity index (χ0v) is 15.4. The number of hydrazine groups is 1. The first kappa shape index (κ1) is 18.6. The van der Waals surface area contributed by atoms with E-state index in [2.05, 4.69) is 16.2 Å². The molecular weight excluding hydrogens is 386 g/mol. The van der Waals surface area contributed by atoms with E-state index < -0.39 is 11.8 Å². The van der Waals surface area contributed by atoms with Crippen molar-refractivity contribution in [2.75, 3.05) is 5.32 Å². The van der Waals surface area contributed by atoms with Gasteiger partial charge in [0.15, 0.2) is 0 Å². The molecule has 0 aliphatic rings. The van der Waals surface area contributed by atoms with E-state index in [1.54, 1.807) is 66.0 Å². The van der Waals surface area contributed by atoms with Gasteiger partial charge in [-0.3, -0.25) is 25.2 Å². The molecule has 3 aromatic rings. The van der Waals surface area contributed by atoms with Crippen molar-refractivity contribution in [3.05, 3.63) is 87.1 Å². The highest BCUT2D eigenvalue weighted by molar-refractivity contribution is 7.12. The lowest BCUT2D eigenvalue weighted by Crippen LogP contribution is -2.41. The topological polar surface area (TPSA) is 87.3 Å². The lowest BCUT2D eigenvalue weighted by atomic mass is 10.1. The molecule has 0 saturated heterocycles. The van der Waals surface area contributed by atoms with Gasteiger partial charge < -0.3 is 5.32 Å². The Balaban J connectivity index is 1.67. The Morgan fingerprint density at radius 2 is 1.48 bits per heavy atom.